The fraction of sp³-hybridized carbons (Fsp3) is 0.250. The first-order valence-electron chi connectivity index (χ1n) is 8.82. The number of rotatable bonds is 6. The number of fused-ring (bicyclic) bond motifs is 1. The number of carbonyl (C=O) groups is 1. The van der Waals surface area contributed by atoms with E-state index >= 15 is 0 Å². The summed E-state index contributed by atoms with van der Waals surface area (Å²) in [6, 6.07) is 9.33. The maximum Gasteiger partial charge on any atom is 0.262 e. The Bertz CT molecular complexity index is 1140. The average Bonchev–Trinajstić information content (AvgIpc) is 2.64. The number of anilines is 1. The number of aromatic nitrogens is 2. The molecule has 0 saturated carbocycles. The van der Waals surface area contributed by atoms with Gasteiger partial charge in [-0.05, 0) is 42.3 Å². The molecule has 0 aliphatic heterocycles. The second kappa shape index (κ2) is 9.28. The van der Waals surface area contributed by atoms with Gasteiger partial charge in [-0.3, -0.25) is 14.2 Å². The van der Waals surface area contributed by atoms with Gasteiger partial charge in [0.05, 0.1) is 22.3 Å². The van der Waals surface area contributed by atoms with Crippen LogP contribution in [0, 0.1) is 11.7 Å². The van der Waals surface area contributed by atoms with Gasteiger partial charge in [-0.15, -0.1) is 0 Å². The lowest BCUT2D eigenvalue weighted by molar-refractivity contribution is -0.113. The Kier molecular flexibility index (Phi) is 6.97. The standard InChI is InChI=1S/C20H18BrClFN3O2S/c1-11(2)9-26-19(28)14-5-4-13(22)8-17(14)25-20(26)29-10-18(27)24-16-6-3-12(21)7-15(16)23/h3-8,11H,9-10H2,1-2H3,(H,24,27). The molecule has 0 saturated heterocycles. The van der Waals surface area contributed by atoms with Crippen molar-refractivity contribution in [3.8, 4) is 0 Å². The summed E-state index contributed by atoms with van der Waals surface area (Å²) in [6.07, 6.45) is 0. The van der Waals surface area contributed by atoms with Crippen LogP contribution < -0.4 is 10.9 Å². The Morgan fingerprint density at radius 2 is 2.07 bits per heavy atom. The van der Waals surface area contributed by atoms with Crippen molar-refractivity contribution in [2.24, 2.45) is 5.92 Å². The molecule has 1 aromatic heterocycles. The molecule has 1 heterocycles. The van der Waals surface area contributed by atoms with E-state index in [1.165, 1.54) is 12.1 Å². The number of hydrogen-bond donors (Lipinski definition) is 1. The average molecular weight is 499 g/mol. The van der Waals surface area contributed by atoms with Crippen LogP contribution in [0.5, 0.6) is 0 Å². The predicted molar refractivity (Wildman–Crippen MR) is 119 cm³/mol. The molecule has 0 fully saturated rings. The summed E-state index contributed by atoms with van der Waals surface area (Å²) < 4.78 is 16.1. The second-order valence-electron chi connectivity index (χ2n) is 6.83. The first-order valence-corrected chi connectivity index (χ1v) is 11.0. The highest BCUT2D eigenvalue weighted by atomic mass is 79.9. The van der Waals surface area contributed by atoms with Gasteiger partial charge in [0.2, 0.25) is 5.91 Å². The maximum absolute atomic E-state index is 13.9. The van der Waals surface area contributed by atoms with Crippen molar-refractivity contribution in [2.75, 3.05) is 11.1 Å². The van der Waals surface area contributed by atoms with Crippen LogP contribution in [0.25, 0.3) is 10.9 Å². The molecule has 3 aromatic rings. The number of carbonyl (C=O) groups excluding carboxylic acids is 1. The number of hydrogen-bond acceptors (Lipinski definition) is 4. The van der Waals surface area contributed by atoms with E-state index in [-0.39, 0.29) is 22.9 Å². The molecule has 0 atom stereocenters. The normalized spacial score (nSPS) is 11.2. The molecule has 1 amide bonds. The van der Waals surface area contributed by atoms with Crippen LogP contribution in [0.3, 0.4) is 0 Å². The minimum absolute atomic E-state index is 0.0217. The molecule has 5 nitrogen and oxygen atoms in total. The number of benzene rings is 2. The van der Waals surface area contributed by atoms with E-state index < -0.39 is 11.7 Å². The molecule has 1 N–H and O–H groups in total. The first-order chi connectivity index (χ1) is 13.7. The molecule has 152 valence electrons. The van der Waals surface area contributed by atoms with Gasteiger partial charge in [0.15, 0.2) is 5.16 Å². The van der Waals surface area contributed by atoms with Crippen LogP contribution in [-0.4, -0.2) is 21.2 Å². The lowest BCUT2D eigenvalue weighted by Gasteiger charge is -2.15. The smallest absolute Gasteiger partial charge is 0.262 e. The van der Waals surface area contributed by atoms with Crippen molar-refractivity contribution in [2.45, 2.75) is 25.5 Å². The largest absolute Gasteiger partial charge is 0.323 e. The van der Waals surface area contributed by atoms with E-state index in [0.29, 0.717) is 32.1 Å². The van der Waals surface area contributed by atoms with Crippen molar-refractivity contribution in [3.63, 3.8) is 0 Å². The molecule has 0 spiro atoms. The maximum atomic E-state index is 13.9. The zero-order chi connectivity index (χ0) is 21.1. The lowest BCUT2D eigenvalue weighted by Crippen LogP contribution is -2.26. The van der Waals surface area contributed by atoms with Crippen LogP contribution in [0.1, 0.15) is 13.8 Å². The van der Waals surface area contributed by atoms with E-state index in [9.17, 15) is 14.0 Å². The van der Waals surface area contributed by atoms with Gasteiger partial charge in [0.1, 0.15) is 5.82 Å². The van der Waals surface area contributed by atoms with E-state index in [0.717, 1.165) is 11.8 Å². The quantitative estimate of drug-likeness (QED) is 0.368. The first kappa shape index (κ1) is 21.8. The fourth-order valence-electron chi connectivity index (χ4n) is 2.72. The monoisotopic (exact) mass is 497 g/mol. The van der Waals surface area contributed by atoms with Gasteiger partial charge < -0.3 is 5.32 Å². The molecule has 29 heavy (non-hydrogen) atoms. The van der Waals surface area contributed by atoms with E-state index in [1.807, 2.05) is 13.8 Å². The molecule has 0 aliphatic rings. The highest BCUT2D eigenvalue weighted by Crippen LogP contribution is 2.23. The molecule has 0 aliphatic carbocycles. The Hall–Kier alpha value is -1.90. The third-order valence-electron chi connectivity index (χ3n) is 3.97. The van der Waals surface area contributed by atoms with Crippen molar-refractivity contribution >= 4 is 61.8 Å². The lowest BCUT2D eigenvalue weighted by atomic mass is 10.2. The predicted octanol–water partition coefficient (Wildman–Crippen LogP) is 5.34. The number of nitrogens with one attached hydrogen (secondary N) is 1. The Morgan fingerprint density at radius 1 is 1.31 bits per heavy atom. The molecular weight excluding hydrogens is 481 g/mol. The van der Waals surface area contributed by atoms with Gasteiger partial charge >= 0.3 is 0 Å². The zero-order valence-corrected chi connectivity index (χ0v) is 18.9. The van der Waals surface area contributed by atoms with Crippen LogP contribution in [0.4, 0.5) is 10.1 Å². The Labute approximate surface area is 184 Å². The van der Waals surface area contributed by atoms with Crippen molar-refractivity contribution in [1.82, 2.24) is 9.55 Å². The number of amides is 1. The van der Waals surface area contributed by atoms with E-state index in [1.54, 1.807) is 28.8 Å². The second-order valence-corrected chi connectivity index (χ2v) is 9.12. The summed E-state index contributed by atoms with van der Waals surface area (Å²) in [7, 11) is 0. The van der Waals surface area contributed by atoms with Gasteiger partial charge in [-0.1, -0.05) is 53.1 Å². The third-order valence-corrected chi connectivity index (χ3v) is 5.67. The summed E-state index contributed by atoms with van der Waals surface area (Å²) in [5, 5.41) is 3.91. The topological polar surface area (TPSA) is 64.0 Å². The summed E-state index contributed by atoms with van der Waals surface area (Å²) >= 11 is 10.3. The van der Waals surface area contributed by atoms with Gasteiger partial charge in [-0.2, -0.15) is 0 Å². The molecule has 0 radical (unpaired) electrons. The van der Waals surface area contributed by atoms with Crippen LogP contribution in [0.2, 0.25) is 5.02 Å². The highest BCUT2D eigenvalue weighted by molar-refractivity contribution is 9.10. The number of thioether (sulfide) groups is 1. The Balaban J connectivity index is 1.86. The molecule has 2 aromatic carbocycles. The molecular formula is C20H18BrClFN3O2S. The summed E-state index contributed by atoms with van der Waals surface area (Å²) in [6.45, 7) is 4.46. The van der Waals surface area contributed by atoms with Gasteiger partial charge in [0.25, 0.3) is 5.56 Å². The van der Waals surface area contributed by atoms with Crippen LogP contribution in [0.15, 0.2) is 50.8 Å². The number of halogens is 3. The summed E-state index contributed by atoms with van der Waals surface area (Å²) in [5.74, 6) is -0.739. The fourth-order valence-corrected chi connectivity index (χ4v) is 4.03. The van der Waals surface area contributed by atoms with Gasteiger partial charge in [0, 0.05) is 16.0 Å². The molecule has 9 heteroatoms. The van der Waals surface area contributed by atoms with Crippen molar-refractivity contribution in [1.29, 1.82) is 0 Å². The number of nitrogens with zero attached hydrogens (tertiary/aromatic N) is 2. The summed E-state index contributed by atoms with van der Waals surface area (Å²) in [5.41, 5.74) is 0.392. The van der Waals surface area contributed by atoms with Crippen molar-refractivity contribution < 1.29 is 9.18 Å². The molecule has 3 rings (SSSR count). The van der Waals surface area contributed by atoms with E-state index in [4.69, 9.17) is 11.6 Å². The van der Waals surface area contributed by atoms with Crippen LogP contribution in [-0.2, 0) is 11.3 Å². The highest BCUT2D eigenvalue weighted by Gasteiger charge is 2.15. The molecule has 0 unspecified atom stereocenters. The Morgan fingerprint density at radius 3 is 2.76 bits per heavy atom. The van der Waals surface area contributed by atoms with Gasteiger partial charge in [-0.25, -0.2) is 9.37 Å². The van der Waals surface area contributed by atoms with Crippen LogP contribution >= 0.6 is 39.3 Å². The van der Waals surface area contributed by atoms with Crippen molar-refractivity contribution in [3.05, 3.63) is 62.1 Å². The minimum atomic E-state index is -0.534. The third kappa shape index (κ3) is 5.38. The SMILES string of the molecule is CC(C)Cn1c(SCC(=O)Nc2ccc(Br)cc2F)nc2cc(Cl)ccc2c1=O. The summed E-state index contributed by atoms with van der Waals surface area (Å²) in [4.78, 5) is 29.8. The van der Waals surface area contributed by atoms with E-state index in [2.05, 4.69) is 26.2 Å². The molecule has 0 bridgehead atoms. The zero-order valence-electron chi connectivity index (χ0n) is 15.7. The minimum Gasteiger partial charge on any atom is -0.323 e.